The zero-order chi connectivity index (χ0) is 8.69. The number of hydrogen-bond acceptors (Lipinski definition) is 2. The maximum atomic E-state index is 4.49. The lowest BCUT2D eigenvalue weighted by atomic mass is 10.1. The smallest absolute Gasteiger partial charge is 0.00271 e. The van der Waals surface area contributed by atoms with Gasteiger partial charge in [-0.15, -0.1) is 0 Å². The molecule has 0 spiro atoms. The van der Waals surface area contributed by atoms with Crippen molar-refractivity contribution in [1.29, 1.82) is 0 Å². The molecule has 0 aromatic heterocycles. The molecular weight excluding hydrogens is 172 g/mol. The van der Waals surface area contributed by atoms with E-state index in [2.05, 4.69) is 39.1 Å². The van der Waals surface area contributed by atoms with Crippen molar-refractivity contribution >= 4 is 25.3 Å². The number of hydrogen-bond donors (Lipinski definition) is 2. The second-order valence-electron chi connectivity index (χ2n) is 3.23. The Morgan fingerprint density at radius 2 is 1.82 bits per heavy atom. The molecule has 2 atom stereocenters. The molecule has 0 rings (SSSR count). The Labute approximate surface area is 82.0 Å². The third-order valence-electron chi connectivity index (χ3n) is 1.75. The summed E-state index contributed by atoms with van der Waals surface area (Å²) in [5.41, 5.74) is 0. The van der Waals surface area contributed by atoms with Crippen LogP contribution in [0.4, 0.5) is 0 Å². The molecule has 0 fully saturated rings. The minimum atomic E-state index is 0.499. The maximum Gasteiger partial charge on any atom is 0.00271 e. The van der Waals surface area contributed by atoms with Gasteiger partial charge in [0.2, 0.25) is 0 Å². The van der Waals surface area contributed by atoms with Crippen LogP contribution in [0.15, 0.2) is 0 Å². The highest BCUT2D eigenvalue weighted by Gasteiger charge is 2.04. The third-order valence-corrected chi connectivity index (χ3v) is 2.43. The summed E-state index contributed by atoms with van der Waals surface area (Å²) >= 11 is 8.83. The van der Waals surface area contributed by atoms with Crippen LogP contribution in [0.1, 0.15) is 46.0 Å². The Bertz CT molecular complexity index is 81.6. The molecule has 0 aliphatic heterocycles. The van der Waals surface area contributed by atoms with E-state index in [1.54, 1.807) is 0 Å². The topological polar surface area (TPSA) is 0 Å². The maximum absolute atomic E-state index is 4.49. The summed E-state index contributed by atoms with van der Waals surface area (Å²) in [6.07, 6.45) is 6.36. The zero-order valence-corrected chi connectivity index (χ0v) is 9.37. The van der Waals surface area contributed by atoms with Crippen molar-refractivity contribution in [2.24, 2.45) is 0 Å². The molecule has 0 aliphatic carbocycles. The van der Waals surface area contributed by atoms with Crippen molar-refractivity contribution in [2.75, 3.05) is 0 Å². The molecule has 0 bridgehead atoms. The highest BCUT2D eigenvalue weighted by molar-refractivity contribution is 7.81. The van der Waals surface area contributed by atoms with Crippen LogP contribution in [0.25, 0.3) is 0 Å². The van der Waals surface area contributed by atoms with Gasteiger partial charge >= 0.3 is 0 Å². The summed E-state index contributed by atoms with van der Waals surface area (Å²) in [5, 5.41) is 1.06. The van der Waals surface area contributed by atoms with Crippen LogP contribution in [-0.2, 0) is 0 Å². The van der Waals surface area contributed by atoms with Crippen molar-refractivity contribution < 1.29 is 0 Å². The lowest BCUT2D eigenvalue weighted by Gasteiger charge is -2.11. The first-order valence-corrected chi connectivity index (χ1v) is 5.56. The Balaban J connectivity index is 3.15. The third kappa shape index (κ3) is 8.61. The summed E-state index contributed by atoms with van der Waals surface area (Å²) in [6.45, 7) is 4.36. The van der Waals surface area contributed by atoms with Crippen molar-refractivity contribution in [3.63, 3.8) is 0 Å². The molecule has 0 radical (unpaired) electrons. The monoisotopic (exact) mass is 192 g/mol. The van der Waals surface area contributed by atoms with Gasteiger partial charge in [0, 0.05) is 5.25 Å². The molecule has 0 aliphatic rings. The molecule has 2 heteroatoms. The Hall–Kier alpha value is 0.700. The van der Waals surface area contributed by atoms with Gasteiger partial charge in [-0.25, -0.2) is 0 Å². The average Bonchev–Trinajstić information content (AvgIpc) is 1.86. The van der Waals surface area contributed by atoms with Gasteiger partial charge in [0.1, 0.15) is 0 Å². The number of thiol groups is 2. The summed E-state index contributed by atoms with van der Waals surface area (Å²) in [5.74, 6) is 0. The van der Waals surface area contributed by atoms with E-state index >= 15 is 0 Å². The van der Waals surface area contributed by atoms with Crippen LogP contribution >= 0.6 is 25.3 Å². The Kier molecular flexibility index (Phi) is 7.82. The van der Waals surface area contributed by atoms with Gasteiger partial charge in [-0.1, -0.05) is 33.1 Å². The molecule has 0 amide bonds. The molecule has 0 saturated carbocycles. The fraction of sp³-hybridized carbons (Fsp3) is 1.00. The molecule has 0 nitrogen and oxygen atoms in total. The van der Waals surface area contributed by atoms with Gasteiger partial charge in [0.05, 0.1) is 0 Å². The van der Waals surface area contributed by atoms with Gasteiger partial charge in [-0.2, -0.15) is 25.3 Å². The predicted octanol–water partition coefficient (Wildman–Crippen LogP) is 3.57. The van der Waals surface area contributed by atoms with Gasteiger partial charge in [-0.3, -0.25) is 0 Å². The second-order valence-corrected chi connectivity index (χ2v) is 4.85. The van der Waals surface area contributed by atoms with Crippen molar-refractivity contribution in [1.82, 2.24) is 0 Å². The fourth-order valence-corrected chi connectivity index (χ4v) is 2.06. The summed E-state index contributed by atoms with van der Waals surface area (Å²) in [7, 11) is 0. The van der Waals surface area contributed by atoms with Crippen LogP contribution in [0.5, 0.6) is 0 Å². The fourth-order valence-electron chi connectivity index (χ4n) is 1.14. The van der Waals surface area contributed by atoms with Crippen LogP contribution < -0.4 is 0 Å². The Morgan fingerprint density at radius 3 is 2.27 bits per heavy atom. The highest BCUT2D eigenvalue weighted by atomic mass is 32.1. The van der Waals surface area contributed by atoms with Crippen molar-refractivity contribution in [3.8, 4) is 0 Å². The minimum absolute atomic E-state index is 0.499. The first kappa shape index (κ1) is 11.7. The molecular formula is C9H20S2. The molecule has 0 N–H and O–H groups in total. The number of rotatable bonds is 6. The lowest BCUT2D eigenvalue weighted by Crippen LogP contribution is -2.05. The second kappa shape index (κ2) is 7.35. The molecule has 0 saturated heterocycles. The summed E-state index contributed by atoms with van der Waals surface area (Å²) in [4.78, 5) is 0. The average molecular weight is 192 g/mol. The number of unbranched alkanes of at least 4 members (excludes halogenated alkanes) is 2. The van der Waals surface area contributed by atoms with Gasteiger partial charge in [0.15, 0.2) is 0 Å². The van der Waals surface area contributed by atoms with E-state index in [4.69, 9.17) is 0 Å². The first-order valence-electron chi connectivity index (χ1n) is 4.53. The quantitative estimate of drug-likeness (QED) is 0.466. The zero-order valence-electron chi connectivity index (χ0n) is 7.58. The molecule has 0 heterocycles. The molecule has 2 unspecified atom stereocenters. The van der Waals surface area contributed by atoms with Gasteiger partial charge < -0.3 is 0 Å². The van der Waals surface area contributed by atoms with Crippen molar-refractivity contribution in [3.05, 3.63) is 0 Å². The van der Waals surface area contributed by atoms with Crippen LogP contribution in [0.3, 0.4) is 0 Å². The highest BCUT2D eigenvalue weighted by Crippen LogP contribution is 2.15. The van der Waals surface area contributed by atoms with Gasteiger partial charge in [0.25, 0.3) is 0 Å². The van der Waals surface area contributed by atoms with Crippen LogP contribution in [-0.4, -0.2) is 10.5 Å². The van der Waals surface area contributed by atoms with Gasteiger partial charge in [-0.05, 0) is 18.1 Å². The molecule has 68 valence electrons. The van der Waals surface area contributed by atoms with E-state index in [0.29, 0.717) is 10.5 Å². The van der Waals surface area contributed by atoms with E-state index in [1.165, 1.54) is 25.7 Å². The molecule has 11 heavy (non-hydrogen) atoms. The van der Waals surface area contributed by atoms with E-state index in [0.717, 1.165) is 6.42 Å². The largest absolute Gasteiger partial charge is 0.176 e. The lowest BCUT2D eigenvalue weighted by molar-refractivity contribution is 0.621. The van der Waals surface area contributed by atoms with E-state index < -0.39 is 0 Å². The van der Waals surface area contributed by atoms with E-state index in [-0.39, 0.29) is 0 Å². The SMILES string of the molecule is CCCCCC(S)CC(C)S. The Morgan fingerprint density at radius 1 is 1.18 bits per heavy atom. The van der Waals surface area contributed by atoms with Crippen LogP contribution in [0.2, 0.25) is 0 Å². The van der Waals surface area contributed by atoms with E-state index in [9.17, 15) is 0 Å². The molecule has 0 aromatic carbocycles. The minimum Gasteiger partial charge on any atom is -0.176 e. The standard InChI is InChI=1S/C9H20S2/c1-3-4-5-6-9(11)7-8(2)10/h8-11H,3-7H2,1-2H3. The molecule has 0 aromatic rings. The van der Waals surface area contributed by atoms with E-state index in [1.807, 2.05) is 0 Å². The summed E-state index contributed by atoms with van der Waals surface area (Å²) in [6, 6.07) is 0. The van der Waals surface area contributed by atoms with Crippen LogP contribution in [0, 0.1) is 0 Å². The van der Waals surface area contributed by atoms with Crippen molar-refractivity contribution in [2.45, 2.75) is 56.5 Å². The summed E-state index contributed by atoms with van der Waals surface area (Å²) < 4.78 is 0. The predicted molar refractivity (Wildman–Crippen MR) is 60.0 cm³/mol. The first-order chi connectivity index (χ1) is 5.16. The normalized spacial score (nSPS) is 16.4.